The van der Waals surface area contributed by atoms with Crippen LogP contribution in [0.4, 0.5) is 11.4 Å². The molecule has 1 N–H and O–H groups in total. The summed E-state index contributed by atoms with van der Waals surface area (Å²) < 4.78 is 15.2. The monoisotopic (exact) mass is 887 g/mol. The van der Waals surface area contributed by atoms with E-state index in [1.54, 1.807) is 0 Å². The molecule has 319 valence electrons. The zero-order valence-electron chi connectivity index (χ0n) is 38.4. The molecule has 0 saturated carbocycles. The lowest BCUT2D eigenvalue weighted by Crippen LogP contribution is -2.37. The van der Waals surface area contributed by atoms with Gasteiger partial charge in [-0.25, -0.2) is 0 Å². The number of para-hydroxylation sites is 1. The van der Waals surface area contributed by atoms with Crippen LogP contribution in [-0.2, 0) is 16.2 Å². The second-order valence-corrected chi connectivity index (χ2v) is 23.6. The van der Waals surface area contributed by atoms with Crippen molar-refractivity contribution in [1.29, 1.82) is 0 Å². The summed E-state index contributed by atoms with van der Waals surface area (Å²) in [6.07, 6.45) is 2.32. The average molecular weight is 888 g/mol. The number of nitrogens with zero attached hydrogens (tertiary/aromatic N) is 1. The van der Waals surface area contributed by atoms with E-state index in [0.29, 0.717) is 0 Å². The topological polar surface area (TPSA) is 30.1 Å². The van der Waals surface area contributed by atoms with E-state index in [1.807, 2.05) is 22.7 Å². The molecular formula is C60H48BN2OS2. The van der Waals surface area contributed by atoms with E-state index in [0.717, 1.165) is 51.9 Å². The Kier molecular flexibility index (Phi) is 7.77. The van der Waals surface area contributed by atoms with Gasteiger partial charge in [-0.2, -0.15) is 0 Å². The Bertz CT molecular complexity index is 4090. The summed E-state index contributed by atoms with van der Waals surface area (Å²) in [6.45, 7) is 16.6. The van der Waals surface area contributed by atoms with Gasteiger partial charge in [-0.1, -0.05) is 127 Å². The summed E-state index contributed by atoms with van der Waals surface area (Å²) in [5.74, 6) is 0. The van der Waals surface area contributed by atoms with E-state index in [9.17, 15) is 0 Å². The second kappa shape index (κ2) is 13.2. The minimum absolute atomic E-state index is 0.0474. The van der Waals surface area contributed by atoms with Crippen LogP contribution in [-0.4, -0.2) is 11.8 Å². The molecule has 66 heavy (non-hydrogen) atoms. The number of thiophene rings is 2. The van der Waals surface area contributed by atoms with Gasteiger partial charge in [0.1, 0.15) is 11.2 Å². The Hall–Kier alpha value is -6.34. The molecule has 12 aromatic rings. The molecule has 5 heterocycles. The van der Waals surface area contributed by atoms with Crippen molar-refractivity contribution in [3.05, 3.63) is 150 Å². The molecular weight excluding hydrogens is 840 g/mol. The third-order valence-corrected chi connectivity index (χ3v) is 17.7. The second-order valence-electron chi connectivity index (χ2n) is 21.4. The van der Waals surface area contributed by atoms with E-state index < -0.39 is 0 Å². The molecule has 0 bridgehead atoms. The van der Waals surface area contributed by atoms with E-state index in [-0.39, 0.29) is 16.2 Å². The highest BCUT2D eigenvalue weighted by molar-refractivity contribution is 7.26. The smallest absolute Gasteiger partial charge is 0.198 e. The molecule has 0 atom stereocenters. The Balaban J connectivity index is 1.17. The number of anilines is 2. The molecule has 1 aliphatic carbocycles. The first-order valence-electron chi connectivity index (χ1n) is 23.4. The molecule has 2 aliphatic rings. The van der Waals surface area contributed by atoms with Crippen LogP contribution < -0.4 is 16.2 Å². The number of hydrogen-bond donors (Lipinski definition) is 1. The van der Waals surface area contributed by atoms with Gasteiger partial charge in [-0.3, -0.25) is 0 Å². The largest absolute Gasteiger partial charge is 0.455 e. The third-order valence-electron chi connectivity index (χ3n) is 15.4. The first-order valence-corrected chi connectivity index (χ1v) is 25.1. The van der Waals surface area contributed by atoms with Crippen LogP contribution in [0, 0.1) is 0 Å². The standard InChI is InChI=1S/C60H48BN2OS2/c1-58(2,3)32-20-22-33(23-21-32)62-44-28-38-35-15-10-13-19-49(35)65-50(38)29-39(44)54-55-56-52(53-36-16-8-11-17-47(36)64-57(53)54)40-26-41-42(60(6,7)25-24-59(41,4)5)30-45(40)63(56)46-31-51-37(27-43(46)61-55)34-14-9-12-18-48(34)66-51/h8-23,26-31,62H,24-25H2,1-7H3. The predicted molar refractivity (Wildman–Crippen MR) is 288 cm³/mol. The zero-order valence-corrected chi connectivity index (χ0v) is 40.0. The molecule has 0 amide bonds. The quantitative estimate of drug-likeness (QED) is 0.179. The van der Waals surface area contributed by atoms with Crippen LogP contribution >= 0.6 is 22.7 Å². The number of nitrogens with one attached hydrogen (secondary N) is 1. The first-order chi connectivity index (χ1) is 31.8. The molecule has 0 fully saturated rings. The molecule has 1 radical (unpaired) electrons. The number of benzene rings is 8. The van der Waals surface area contributed by atoms with Gasteiger partial charge in [0.2, 0.25) is 0 Å². The SMILES string of the molecule is CC(C)(C)c1ccc(Nc2cc3c(cc2-c2c4c5c(c6cc7c(cc6n5-c5cc6sc8ccccc8c6cc5[B]4)C(C)(C)CCC7(C)C)c4c2oc2ccccc24)sc2ccccc23)cc1. The van der Waals surface area contributed by atoms with Crippen molar-refractivity contribution in [3.63, 3.8) is 0 Å². The Labute approximate surface area is 392 Å². The molecule has 4 aromatic heterocycles. The van der Waals surface area contributed by atoms with Crippen molar-refractivity contribution in [3.8, 4) is 16.8 Å². The lowest BCUT2D eigenvalue weighted by Gasteiger charge is -2.42. The maximum atomic E-state index is 7.34. The molecule has 1 aliphatic heterocycles. The normalized spacial score (nSPS) is 15.4. The lowest BCUT2D eigenvalue weighted by atomic mass is 9.58. The summed E-state index contributed by atoms with van der Waals surface area (Å²) in [5, 5.41) is 14.1. The third kappa shape index (κ3) is 5.37. The van der Waals surface area contributed by atoms with E-state index in [4.69, 9.17) is 4.42 Å². The highest BCUT2D eigenvalue weighted by Gasteiger charge is 2.39. The van der Waals surface area contributed by atoms with Crippen molar-refractivity contribution in [2.45, 2.75) is 77.6 Å². The fourth-order valence-electron chi connectivity index (χ4n) is 11.8. The van der Waals surface area contributed by atoms with Crippen molar-refractivity contribution in [1.82, 2.24) is 4.57 Å². The van der Waals surface area contributed by atoms with Crippen LogP contribution in [0.1, 0.15) is 78.0 Å². The number of fused-ring (bicyclic) bond motifs is 16. The van der Waals surface area contributed by atoms with Gasteiger partial charge < -0.3 is 14.3 Å². The summed E-state index contributed by atoms with van der Waals surface area (Å²) in [4.78, 5) is 0. The Morgan fingerprint density at radius 3 is 1.92 bits per heavy atom. The molecule has 0 unspecified atom stereocenters. The molecule has 8 aromatic carbocycles. The van der Waals surface area contributed by atoms with Gasteiger partial charge in [0, 0.05) is 90.2 Å². The van der Waals surface area contributed by atoms with Crippen molar-refractivity contribution in [2.75, 3.05) is 5.32 Å². The van der Waals surface area contributed by atoms with Gasteiger partial charge in [0.05, 0.1) is 5.52 Å². The highest BCUT2D eigenvalue weighted by Crippen LogP contribution is 2.53. The van der Waals surface area contributed by atoms with Crippen LogP contribution in [0.25, 0.3) is 101 Å². The Morgan fingerprint density at radius 2 is 1.23 bits per heavy atom. The lowest BCUT2D eigenvalue weighted by molar-refractivity contribution is 0.332. The zero-order chi connectivity index (χ0) is 44.6. The van der Waals surface area contributed by atoms with Gasteiger partial charge in [-0.05, 0) is 117 Å². The molecule has 3 nitrogen and oxygen atoms in total. The van der Waals surface area contributed by atoms with Crippen LogP contribution in [0.2, 0.25) is 0 Å². The maximum Gasteiger partial charge on any atom is 0.198 e. The number of hydrogen-bond acceptors (Lipinski definition) is 4. The fourth-order valence-corrected chi connectivity index (χ4v) is 14.0. The van der Waals surface area contributed by atoms with Crippen LogP contribution in [0.5, 0.6) is 0 Å². The number of furan rings is 1. The molecule has 6 heteroatoms. The average Bonchev–Trinajstić information content (AvgIpc) is 4.06. The fraction of sp³-hybridized carbons (Fsp3) is 0.200. The van der Waals surface area contributed by atoms with Crippen molar-refractivity contribution < 1.29 is 4.42 Å². The maximum absolute atomic E-state index is 7.34. The van der Waals surface area contributed by atoms with E-state index in [1.165, 1.54) is 101 Å². The highest BCUT2D eigenvalue weighted by atomic mass is 32.1. The summed E-state index contributed by atoms with van der Waals surface area (Å²) in [5.41, 5.74) is 16.8. The van der Waals surface area contributed by atoms with Crippen LogP contribution in [0.15, 0.2) is 138 Å². The first kappa shape index (κ1) is 38.9. The summed E-state index contributed by atoms with van der Waals surface area (Å²) in [6, 6.07) is 50.5. The van der Waals surface area contributed by atoms with Crippen molar-refractivity contribution in [2.24, 2.45) is 0 Å². The minimum Gasteiger partial charge on any atom is -0.455 e. The number of rotatable bonds is 3. The molecule has 0 spiro atoms. The van der Waals surface area contributed by atoms with E-state index >= 15 is 0 Å². The Morgan fingerprint density at radius 1 is 0.606 bits per heavy atom. The van der Waals surface area contributed by atoms with Crippen molar-refractivity contribution >= 4 is 136 Å². The minimum atomic E-state index is 0.0474. The summed E-state index contributed by atoms with van der Waals surface area (Å²) in [7, 11) is 2.50. The van der Waals surface area contributed by atoms with Gasteiger partial charge in [-0.15, -0.1) is 22.7 Å². The number of aromatic nitrogens is 1. The molecule has 14 rings (SSSR count). The van der Waals surface area contributed by atoms with E-state index in [2.05, 4.69) is 199 Å². The van der Waals surface area contributed by atoms with Gasteiger partial charge in [0.25, 0.3) is 0 Å². The molecule has 0 saturated heterocycles. The predicted octanol–water partition coefficient (Wildman–Crippen LogP) is 16.4. The van der Waals surface area contributed by atoms with Gasteiger partial charge in [0.15, 0.2) is 7.28 Å². The summed E-state index contributed by atoms with van der Waals surface area (Å²) >= 11 is 3.77. The van der Waals surface area contributed by atoms with Gasteiger partial charge >= 0.3 is 0 Å². The van der Waals surface area contributed by atoms with Crippen LogP contribution in [0.3, 0.4) is 0 Å².